The Kier molecular flexibility index (Phi) is 5.57. The van der Waals surface area contributed by atoms with Gasteiger partial charge in [0.1, 0.15) is 12.0 Å². The van der Waals surface area contributed by atoms with Gasteiger partial charge in [-0.2, -0.15) is 0 Å². The van der Waals surface area contributed by atoms with E-state index < -0.39 is 24.0 Å². The third kappa shape index (κ3) is 3.69. The molecule has 1 spiro atoms. The predicted octanol–water partition coefficient (Wildman–Crippen LogP) is 3.07. The van der Waals surface area contributed by atoms with Crippen LogP contribution >= 0.6 is 15.9 Å². The van der Waals surface area contributed by atoms with Crippen molar-refractivity contribution in [2.75, 3.05) is 13.1 Å². The van der Waals surface area contributed by atoms with Crippen LogP contribution < -0.4 is 16.0 Å². The number of nitrogens with one attached hydrogen (secondary N) is 3. The van der Waals surface area contributed by atoms with Crippen LogP contribution in [0.1, 0.15) is 37.7 Å². The van der Waals surface area contributed by atoms with Crippen LogP contribution in [0.25, 0.3) is 0 Å². The van der Waals surface area contributed by atoms with Gasteiger partial charge < -0.3 is 16.0 Å². The summed E-state index contributed by atoms with van der Waals surface area (Å²) >= 11 is 3.24. The predicted molar refractivity (Wildman–Crippen MR) is 115 cm³/mol. The highest BCUT2D eigenvalue weighted by Crippen LogP contribution is 2.74. The molecule has 1 aromatic carbocycles. The molecule has 168 valence electrons. The number of piperidine rings is 1. The second-order valence-electron chi connectivity index (χ2n) is 9.65. The Balaban J connectivity index is 1.32. The fourth-order valence-electron chi connectivity index (χ4n) is 6.59. The molecule has 0 radical (unpaired) electrons. The lowest BCUT2D eigenvalue weighted by molar-refractivity contribution is -0.138. The van der Waals surface area contributed by atoms with Crippen LogP contribution in [-0.4, -0.2) is 37.1 Å². The number of carbonyl (C=O) groups excluding carboxylic acids is 2. The smallest absolute Gasteiger partial charge is 0.224 e. The molecule has 1 aromatic rings. The van der Waals surface area contributed by atoms with E-state index in [-0.39, 0.29) is 48.0 Å². The maximum atomic E-state index is 14.3. The first-order chi connectivity index (χ1) is 14.9. The van der Waals surface area contributed by atoms with Gasteiger partial charge in [0, 0.05) is 23.1 Å². The number of hydrogen-bond donors (Lipinski definition) is 3. The minimum Gasteiger partial charge on any atom is -0.352 e. The fourth-order valence-corrected chi connectivity index (χ4v) is 6.92. The molecule has 4 fully saturated rings. The first kappa shape index (κ1) is 21.3. The lowest BCUT2D eigenvalue weighted by Crippen LogP contribution is -2.54. The molecule has 8 heteroatoms. The zero-order chi connectivity index (χ0) is 21.8. The van der Waals surface area contributed by atoms with E-state index in [1.165, 1.54) is 6.07 Å². The summed E-state index contributed by atoms with van der Waals surface area (Å²) in [6.07, 6.45) is 3.49. The second-order valence-corrected chi connectivity index (χ2v) is 10.6. The normalized spacial score (nSPS) is 35.2. The molecular weight excluding hydrogens is 468 g/mol. The minimum atomic E-state index is -1.11. The van der Waals surface area contributed by atoms with Crippen molar-refractivity contribution < 1.29 is 18.4 Å². The molecule has 3 N–H and O–H groups in total. The third-order valence-corrected chi connectivity index (χ3v) is 8.65. The average molecular weight is 496 g/mol. The summed E-state index contributed by atoms with van der Waals surface area (Å²) in [6.45, 7) is 1.01. The van der Waals surface area contributed by atoms with E-state index in [1.54, 1.807) is 12.1 Å². The fraction of sp³-hybridized carbons (Fsp3) is 0.652. The van der Waals surface area contributed by atoms with E-state index in [2.05, 4.69) is 31.9 Å². The Morgan fingerprint density at radius 2 is 1.84 bits per heavy atom. The van der Waals surface area contributed by atoms with E-state index >= 15 is 0 Å². The highest BCUT2D eigenvalue weighted by Gasteiger charge is 2.71. The van der Waals surface area contributed by atoms with E-state index in [4.69, 9.17) is 0 Å². The lowest BCUT2D eigenvalue weighted by atomic mass is 9.78. The molecule has 1 heterocycles. The van der Waals surface area contributed by atoms with Crippen molar-refractivity contribution in [2.24, 2.45) is 29.1 Å². The van der Waals surface area contributed by atoms with Gasteiger partial charge in [-0.15, -0.1) is 0 Å². The molecule has 1 aliphatic heterocycles. The molecule has 2 amide bonds. The summed E-state index contributed by atoms with van der Waals surface area (Å²) in [7, 11) is 0. The van der Waals surface area contributed by atoms with Crippen molar-refractivity contribution in [3.8, 4) is 0 Å². The summed E-state index contributed by atoms with van der Waals surface area (Å²) in [4.78, 5) is 26.6. The van der Waals surface area contributed by atoms with Crippen LogP contribution in [0.5, 0.6) is 0 Å². The Morgan fingerprint density at radius 1 is 1.13 bits per heavy atom. The maximum Gasteiger partial charge on any atom is 0.224 e. The number of amides is 2. The van der Waals surface area contributed by atoms with Crippen LogP contribution in [-0.2, 0) is 16.1 Å². The zero-order valence-electron chi connectivity index (χ0n) is 17.3. The Labute approximate surface area is 189 Å². The maximum absolute atomic E-state index is 14.3. The van der Waals surface area contributed by atoms with Gasteiger partial charge in [0.05, 0.1) is 17.9 Å². The van der Waals surface area contributed by atoms with Crippen molar-refractivity contribution in [2.45, 2.75) is 50.9 Å². The highest BCUT2D eigenvalue weighted by molar-refractivity contribution is 9.10. The molecule has 6 unspecified atom stereocenters. The monoisotopic (exact) mass is 495 g/mol. The van der Waals surface area contributed by atoms with Crippen molar-refractivity contribution in [3.63, 3.8) is 0 Å². The van der Waals surface area contributed by atoms with Crippen LogP contribution in [0.3, 0.4) is 0 Å². The number of alkyl halides is 1. The summed E-state index contributed by atoms with van der Waals surface area (Å²) in [5, 5.41) is 8.83. The molecule has 4 aliphatic rings. The molecule has 31 heavy (non-hydrogen) atoms. The van der Waals surface area contributed by atoms with Gasteiger partial charge in [0.25, 0.3) is 0 Å². The standard InChI is InChI=1S/C23H28BrF2N3O2/c24-13-2-1-12(16(25)9-13)10-28-21(30)19-14-3-4-15(23(14)6-7-23)20(19)22(31)29-18-5-8-27-11-17(18)26/h1-2,9,14-15,17-20,27H,3-8,10-11H2,(H,28,30)(H,29,31). The Morgan fingerprint density at radius 3 is 2.48 bits per heavy atom. The van der Waals surface area contributed by atoms with Crippen LogP contribution in [0.4, 0.5) is 8.78 Å². The van der Waals surface area contributed by atoms with Crippen molar-refractivity contribution in [3.05, 3.63) is 34.1 Å². The number of hydrogen-bond acceptors (Lipinski definition) is 3. The summed E-state index contributed by atoms with van der Waals surface area (Å²) in [6, 6.07) is 4.26. The number of carbonyl (C=O) groups is 2. The molecule has 0 aromatic heterocycles. The minimum absolute atomic E-state index is 0.0913. The van der Waals surface area contributed by atoms with Crippen molar-refractivity contribution >= 4 is 27.7 Å². The van der Waals surface area contributed by atoms with E-state index in [9.17, 15) is 18.4 Å². The van der Waals surface area contributed by atoms with Crippen LogP contribution in [0.2, 0.25) is 0 Å². The Bertz CT molecular complexity index is 894. The van der Waals surface area contributed by atoms with Crippen molar-refractivity contribution in [1.82, 2.24) is 16.0 Å². The first-order valence-electron chi connectivity index (χ1n) is 11.3. The molecule has 5 rings (SSSR count). The molecule has 2 bridgehead atoms. The summed E-state index contributed by atoms with van der Waals surface area (Å²) < 4.78 is 29.1. The largest absolute Gasteiger partial charge is 0.352 e. The summed E-state index contributed by atoms with van der Waals surface area (Å²) in [5.41, 5.74) is 0.521. The second kappa shape index (κ2) is 8.10. The van der Waals surface area contributed by atoms with Crippen LogP contribution in [0, 0.1) is 34.9 Å². The molecule has 6 atom stereocenters. The number of rotatable bonds is 5. The van der Waals surface area contributed by atoms with Gasteiger partial charge in [0.15, 0.2) is 0 Å². The van der Waals surface area contributed by atoms with E-state index in [1.807, 2.05) is 0 Å². The quantitative estimate of drug-likeness (QED) is 0.587. The third-order valence-electron chi connectivity index (χ3n) is 8.16. The molecule has 3 saturated carbocycles. The number of halogens is 3. The summed E-state index contributed by atoms with van der Waals surface area (Å²) in [5.74, 6) is -1.19. The van der Waals surface area contributed by atoms with Gasteiger partial charge in [-0.05, 0) is 68.0 Å². The van der Waals surface area contributed by atoms with Gasteiger partial charge in [0.2, 0.25) is 11.8 Å². The lowest BCUT2D eigenvalue weighted by Gasteiger charge is -2.33. The zero-order valence-corrected chi connectivity index (χ0v) is 18.9. The van der Waals surface area contributed by atoms with Crippen LogP contribution in [0.15, 0.2) is 22.7 Å². The average Bonchev–Trinajstić information content (AvgIpc) is 3.41. The Hall–Kier alpha value is -1.54. The topological polar surface area (TPSA) is 70.2 Å². The highest BCUT2D eigenvalue weighted by atomic mass is 79.9. The van der Waals surface area contributed by atoms with Gasteiger partial charge in [-0.25, -0.2) is 8.78 Å². The van der Waals surface area contributed by atoms with Gasteiger partial charge in [-0.1, -0.05) is 22.0 Å². The van der Waals surface area contributed by atoms with Crippen molar-refractivity contribution in [1.29, 1.82) is 0 Å². The van der Waals surface area contributed by atoms with Gasteiger partial charge in [-0.3, -0.25) is 9.59 Å². The molecule has 5 nitrogen and oxygen atoms in total. The molecule has 3 aliphatic carbocycles. The SMILES string of the molecule is O=C(NCc1ccc(Br)cc1F)C1C(C(=O)NC2CCNCC2F)C2CCC1C21CC1. The van der Waals surface area contributed by atoms with E-state index in [0.29, 0.717) is 23.0 Å². The first-order valence-corrected chi connectivity index (χ1v) is 12.1. The van der Waals surface area contributed by atoms with E-state index in [0.717, 1.165) is 25.7 Å². The van der Waals surface area contributed by atoms with Gasteiger partial charge >= 0.3 is 0 Å². The molecular formula is C23H28BrF2N3O2. The molecule has 1 saturated heterocycles. The number of benzene rings is 1.